The number of aromatic nitrogens is 3. The van der Waals surface area contributed by atoms with E-state index in [1.165, 1.54) is 0 Å². The van der Waals surface area contributed by atoms with E-state index < -0.39 is 6.09 Å². The van der Waals surface area contributed by atoms with Crippen LogP contribution in [0.15, 0.2) is 28.9 Å². The Morgan fingerprint density at radius 1 is 1.47 bits per heavy atom. The number of amides is 1. The Bertz CT molecular complexity index is 759. The van der Waals surface area contributed by atoms with Crippen LogP contribution in [0.5, 0.6) is 0 Å². The zero-order chi connectivity index (χ0) is 13.4. The second-order valence-electron chi connectivity index (χ2n) is 4.07. The molecular weight excluding hydrogens is 248 g/mol. The minimum Gasteiger partial charge on any atom is -0.465 e. The molecule has 7 nitrogen and oxygen atoms in total. The highest BCUT2D eigenvalue weighted by atomic mass is 16.5. The highest BCUT2D eigenvalue weighted by molar-refractivity contribution is 5.91. The second kappa shape index (κ2) is 4.13. The largest absolute Gasteiger partial charge is 0.465 e. The lowest BCUT2D eigenvalue weighted by atomic mass is 10.1. The molecule has 0 fully saturated rings. The van der Waals surface area contributed by atoms with Gasteiger partial charge in [-0.05, 0) is 25.1 Å². The normalized spacial score (nSPS) is 10.8. The Balaban J connectivity index is 2.12. The molecule has 0 unspecified atom stereocenters. The van der Waals surface area contributed by atoms with Gasteiger partial charge in [-0.1, -0.05) is 5.16 Å². The van der Waals surface area contributed by atoms with Gasteiger partial charge < -0.3 is 9.63 Å². The number of carboxylic acid groups (broad SMARTS) is 1. The van der Waals surface area contributed by atoms with Gasteiger partial charge in [-0.15, -0.1) is 0 Å². The molecule has 19 heavy (non-hydrogen) atoms. The molecule has 0 bridgehead atoms. The van der Waals surface area contributed by atoms with Gasteiger partial charge in [-0.25, -0.2) is 4.79 Å². The van der Waals surface area contributed by atoms with E-state index in [2.05, 4.69) is 20.7 Å². The molecule has 0 radical (unpaired) electrons. The number of hydrogen-bond acceptors (Lipinski definition) is 4. The van der Waals surface area contributed by atoms with Crippen molar-refractivity contribution < 1.29 is 14.4 Å². The number of hydrogen-bond donors (Lipinski definition) is 3. The van der Waals surface area contributed by atoms with Crippen LogP contribution < -0.4 is 5.32 Å². The first-order valence-electron chi connectivity index (χ1n) is 5.55. The maximum Gasteiger partial charge on any atom is 0.409 e. The molecule has 0 saturated heterocycles. The van der Waals surface area contributed by atoms with Gasteiger partial charge in [0.05, 0.1) is 11.7 Å². The van der Waals surface area contributed by atoms with E-state index in [4.69, 9.17) is 9.63 Å². The number of benzene rings is 1. The fraction of sp³-hybridized carbons (Fsp3) is 0.0833. The Morgan fingerprint density at radius 2 is 2.32 bits per heavy atom. The molecule has 2 heterocycles. The molecule has 3 N–H and O–H groups in total. The highest BCUT2D eigenvalue weighted by Gasteiger charge is 2.17. The van der Waals surface area contributed by atoms with Crippen LogP contribution in [0.3, 0.4) is 0 Å². The number of aromatic amines is 1. The summed E-state index contributed by atoms with van der Waals surface area (Å²) in [6.07, 6.45) is 0.531. The molecule has 1 aromatic carbocycles. The summed E-state index contributed by atoms with van der Waals surface area (Å²) < 4.78 is 5.20. The third kappa shape index (κ3) is 1.90. The molecule has 0 spiro atoms. The molecule has 7 heteroatoms. The lowest BCUT2D eigenvalue weighted by molar-refractivity contribution is 0.209. The predicted molar refractivity (Wildman–Crippen MR) is 68.0 cm³/mol. The van der Waals surface area contributed by atoms with Crippen molar-refractivity contribution in [3.63, 3.8) is 0 Å². The molecule has 0 saturated carbocycles. The summed E-state index contributed by atoms with van der Waals surface area (Å²) in [7, 11) is 0. The zero-order valence-electron chi connectivity index (χ0n) is 9.97. The van der Waals surface area contributed by atoms with Gasteiger partial charge in [0.2, 0.25) is 0 Å². The first-order chi connectivity index (χ1) is 9.15. The Morgan fingerprint density at radius 3 is 3.11 bits per heavy atom. The van der Waals surface area contributed by atoms with E-state index in [0.717, 1.165) is 16.5 Å². The van der Waals surface area contributed by atoms with Crippen molar-refractivity contribution in [2.45, 2.75) is 6.92 Å². The van der Waals surface area contributed by atoms with Crippen LogP contribution >= 0.6 is 0 Å². The smallest absolute Gasteiger partial charge is 0.409 e. The van der Waals surface area contributed by atoms with Crippen molar-refractivity contribution in [3.05, 3.63) is 30.1 Å². The topological polar surface area (TPSA) is 104 Å². The zero-order valence-corrected chi connectivity index (χ0v) is 9.97. The van der Waals surface area contributed by atoms with Gasteiger partial charge in [0.25, 0.3) is 0 Å². The monoisotopic (exact) mass is 258 g/mol. The Kier molecular flexibility index (Phi) is 2.45. The molecule has 3 aromatic rings. The van der Waals surface area contributed by atoms with Crippen LogP contribution in [0.2, 0.25) is 0 Å². The van der Waals surface area contributed by atoms with E-state index in [-0.39, 0.29) is 0 Å². The molecule has 0 atom stereocenters. The Hall–Kier alpha value is -2.83. The summed E-state index contributed by atoms with van der Waals surface area (Å²) in [5.74, 6) is 0.392. The van der Waals surface area contributed by atoms with Crippen molar-refractivity contribution >= 4 is 22.7 Å². The third-order valence-electron chi connectivity index (χ3n) is 2.80. The lowest BCUT2D eigenvalue weighted by Gasteiger charge is -2.02. The number of anilines is 1. The van der Waals surface area contributed by atoms with E-state index in [9.17, 15) is 4.79 Å². The van der Waals surface area contributed by atoms with Crippen LogP contribution in [0, 0.1) is 6.92 Å². The molecule has 3 rings (SSSR count). The molecular formula is C12H10N4O3. The van der Waals surface area contributed by atoms with Gasteiger partial charge in [0, 0.05) is 10.9 Å². The number of carbonyl (C=O) groups is 1. The van der Waals surface area contributed by atoms with Crippen molar-refractivity contribution in [1.29, 1.82) is 0 Å². The average molecular weight is 258 g/mol. The summed E-state index contributed by atoms with van der Waals surface area (Å²) in [5.41, 5.74) is 2.48. The minimum atomic E-state index is -1.16. The van der Waals surface area contributed by atoms with Crippen molar-refractivity contribution in [2.75, 3.05) is 5.32 Å². The quantitative estimate of drug-likeness (QED) is 0.655. The molecule has 0 aliphatic heterocycles. The molecule has 2 aromatic heterocycles. The van der Waals surface area contributed by atoms with Crippen LogP contribution in [0.1, 0.15) is 5.69 Å². The van der Waals surface area contributed by atoms with Crippen molar-refractivity contribution in [1.82, 2.24) is 15.4 Å². The first-order valence-corrected chi connectivity index (χ1v) is 5.55. The summed E-state index contributed by atoms with van der Waals surface area (Å²) in [5, 5.41) is 22.6. The fourth-order valence-electron chi connectivity index (χ4n) is 1.90. The van der Waals surface area contributed by atoms with E-state index in [1.807, 2.05) is 18.2 Å². The van der Waals surface area contributed by atoms with E-state index >= 15 is 0 Å². The van der Waals surface area contributed by atoms with Gasteiger partial charge in [-0.3, -0.25) is 10.4 Å². The average Bonchev–Trinajstić information content (AvgIpc) is 2.96. The van der Waals surface area contributed by atoms with Crippen molar-refractivity contribution in [3.8, 4) is 11.3 Å². The SMILES string of the molecule is Cc1noc(-c2ccc3[nH]ncc3c2)c1NC(=O)O. The standard InChI is InChI=1S/C12H10N4O3/c1-6-10(14-12(17)18)11(19-16-6)7-2-3-9-8(4-7)5-13-15-9/h2-5,14H,1H3,(H,13,15)(H,17,18). The van der Waals surface area contributed by atoms with Crippen LogP contribution in [0.25, 0.3) is 22.2 Å². The summed E-state index contributed by atoms with van der Waals surface area (Å²) >= 11 is 0. The summed E-state index contributed by atoms with van der Waals surface area (Å²) in [4.78, 5) is 10.8. The van der Waals surface area contributed by atoms with Crippen molar-refractivity contribution in [2.24, 2.45) is 0 Å². The van der Waals surface area contributed by atoms with Gasteiger partial charge >= 0.3 is 6.09 Å². The summed E-state index contributed by atoms with van der Waals surface area (Å²) in [6.45, 7) is 1.68. The number of nitrogens with zero attached hydrogens (tertiary/aromatic N) is 2. The van der Waals surface area contributed by atoms with Crippen LogP contribution in [-0.2, 0) is 0 Å². The van der Waals surface area contributed by atoms with E-state index in [0.29, 0.717) is 17.1 Å². The maximum atomic E-state index is 10.8. The predicted octanol–water partition coefficient (Wildman–Crippen LogP) is 2.62. The molecule has 0 aliphatic carbocycles. The lowest BCUT2D eigenvalue weighted by Crippen LogP contribution is -2.08. The number of fused-ring (bicyclic) bond motifs is 1. The van der Waals surface area contributed by atoms with Gasteiger partial charge in [0.15, 0.2) is 5.76 Å². The highest BCUT2D eigenvalue weighted by Crippen LogP contribution is 2.32. The minimum absolute atomic E-state index is 0.357. The van der Waals surface area contributed by atoms with Crippen LogP contribution in [-0.4, -0.2) is 26.6 Å². The van der Waals surface area contributed by atoms with Crippen LogP contribution in [0.4, 0.5) is 10.5 Å². The molecule has 1 amide bonds. The molecule has 96 valence electrons. The van der Waals surface area contributed by atoms with Gasteiger partial charge in [-0.2, -0.15) is 5.10 Å². The maximum absolute atomic E-state index is 10.8. The first kappa shape index (κ1) is 11.3. The molecule has 0 aliphatic rings. The number of rotatable bonds is 2. The van der Waals surface area contributed by atoms with E-state index in [1.54, 1.807) is 13.1 Å². The fourth-order valence-corrected chi connectivity index (χ4v) is 1.90. The number of H-pyrrole nitrogens is 1. The number of aryl methyl sites for hydroxylation is 1. The number of nitrogens with one attached hydrogen (secondary N) is 2. The second-order valence-corrected chi connectivity index (χ2v) is 4.07. The van der Waals surface area contributed by atoms with Gasteiger partial charge in [0.1, 0.15) is 11.4 Å². The third-order valence-corrected chi connectivity index (χ3v) is 2.80. The summed E-state index contributed by atoms with van der Waals surface area (Å²) in [6, 6.07) is 5.51. The Labute approximate surface area is 107 Å².